The Balaban J connectivity index is 2.08. The van der Waals surface area contributed by atoms with Crippen molar-refractivity contribution in [2.24, 2.45) is 0 Å². The second-order valence-electron chi connectivity index (χ2n) is 6.04. The molecular formula is C19H21F3N2O3S. The van der Waals surface area contributed by atoms with Gasteiger partial charge in [-0.1, -0.05) is 32.0 Å². The molecular weight excluding hydrogens is 393 g/mol. The molecule has 2 aromatic carbocycles. The number of hydrogen-bond donors (Lipinski definition) is 1. The number of halogens is 3. The fourth-order valence-electron chi connectivity index (χ4n) is 2.67. The number of nitrogens with one attached hydrogen (secondary N) is 1. The first-order valence-electron chi connectivity index (χ1n) is 8.64. The van der Waals surface area contributed by atoms with Crippen LogP contribution in [0.15, 0.2) is 53.4 Å². The van der Waals surface area contributed by atoms with Crippen LogP contribution in [0.1, 0.15) is 25.0 Å². The number of sulfonamides is 1. The number of rotatable bonds is 7. The SMILES string of the molecule is CCN(CC)S(=O)(=O)c1ccc(NC(=O)Cc2cccc(C(F)(F)F)c2)cc1. The van der Waals surface area contributed by atoms with Crippen molar-refractivity contribution in [3.63, 3.8) is 0 Å². The van der Waals surface area contributed by atoms with E-state index in [0.717, 1.165) is 12.1 Å². The highest BCUT2D eigenvalue weighted by Crippen LogP contribution is 2.29. The molecule has 0 aliphatic heterocycles. The Morgan fingerprint density at radius 1 is 1.04 bits per heavy atom. The third-order valence-corrected chi connectivity index (χ3v) is 6.16. The van der Waals surface area contributed by atoms with E-state index >= 15 is 0 Å². The Kier molecular flexibility index (Phi) is 6.84. The molecule has 28 heavy (non-hydrogen) atoms. The molecule has 0 bridgehead atoms. The van der Waals surface area contributed by atoms with Crippen molar-refractivity contribution in [3.05, 3.63) is 59.7 Å². The number of benzene rings is 2. The van der Waals surface area contributed by atoms with Crippen molar-refractivity contribution in [1.82, 2.24) is 4.31 Å². The van der Waals surface area contributed by atoms with Crippen LogP contribution in [0.3, 0.4) is 0 Å². The summed E-state index contributed by atoms with van der Waals surface area (Å²) in [6.07, 6.45) is -4.71. The number of carbonyl (C=O) groups is 1. The number of carbonyl (C=O) groups excluding carboxylic acids is 1. The Hall–Kier alpha value is -2.39. The van der Waals surface area contributed by atoms with Crippen LogP contribution < -0.4 is 5.32 Å². The molecule has 152 valence electrons. The molecule has 0 spiro atoms. The van der Waals surface area contributed by atoms with Gasteiger partial charge in [-0.05, 0) is 35.9 Å². The minimum atomic E-state index is -4.47. The maximum atomic E-state index is 12.7. The third-order valence-electron chi connectivity index (χ3n) is 4.10. The quantitative estimate of drug-likeness (QED) is 0.747. The van der Waals surface area contributed by atoms with E-state index in [1.54, 1.807) is 13.8 Å². The highest BCUT2D eigenvalue weighted by Gasteiger charge is 2.30. The molecule has 0 aromatic heterocycles. The van der Waals surface area contributed by atoms with Crippen molar-refractivity contribution in [3.8, 4) is 0 Å². The highest BCUT2D eigenvalue weighted by molar-refractivity contribution is 7.89. The average molecular weight is 414 g/mol. The molecule has 5 nitrogen and oxygen atoms in total. The van der Waals surface area contributed by atoms with Gasteiger partial charge in [-0.2, -0.15) is 17.5 Å². The molecule has 0 fully saturated rings. The summed E-state index contributed by atoms with van der Waals surface area (Å²) in [6, 6.07) is 10.2. The molecule has 1 N–H and O–H groups in total. The maximum absolute atomic E-state index is 12.7. The molecule has 0 heterocycles. The van der Waals surface area contributed by atoms with Crippen LogP contribution in [0.25, 0.3) is 0 Å². The molecule has 0 radical (unpaired) electrons. The van der Waals surface area contributed by atoms with E-state index in [1.165, 1.54) is 40.7 Å². The van der Waals surface area contributed by atoms with E-state index in [-0.39, 0.29) is 16.9 Å². The standard InChI is InChI=1S/C19H21F3N2O3S/c1-3-24(4-2)28(26,27)17-10-8-16(9-11-17)23-18(25)13-14-6-5-7-15(12-14)19(20,21)22/h5-12H,3-4,13H2,1-2H3,(H,23,25). The van der Waals surface area contributed by atoms with Crippen LogP contribution >= 0.6 is 0 Å². The van der Waals surface area contributed by atoms with Gasteiger partial charge in [-0.3, -0.25) is 4.79 Å². The zero-order valence-corrected chi connectivity index (χ0v) is 16.3. The van der Waals surface area contributed by atoms with Crippen molar-refractivity contribution in [2.75, 3.05) is 18.4 Å². The Morgan fingerprint density at radius 3 is 2.18 bits per heavy atom. The van der Waals surface area contributed by atoms with Crippen molar-refractivity contribution in [1.29, 1.82) is 0 Å². The molecule has 0 atom stereocenters. The van der Waals surface area contributed by atoms with Gasteiger partial charge in [0.2, 0.25) is 15.9 Å². The van der Waals surface area contributed by atoms with Gasteiger partial charge in [-0.15, -0.1) is 0 Å². The lowest BCUT2D eigenvalue weighted by Crippen LogP contribution is -2.30. The molecule has 0 saturated carbocycles. The van der Waals surface area contributed by atoms with Crippen LogP contribution in [-0.2, 0) is 27.4 Å². The lowest BCUT2D eigenvalue weighted by Gasteiger charge is -2.18. The van der Waals surface area contributed by atoms with Crippen LogP contribution in [-0.4, -0.2) is 31.7 Å². The van der Waals surface area contributed by atoms with E-state index in [0.29, 0.717) is 18.8 Å². The Morgan fingerprint density at radius 2 is 1.64 bits per heavy atom. The van der Waals surface area contributed by atoms with Crippen LogP contribution in [0.2, 0.25) is 0 Å². The first-order chi connectivity index (χ1) is 13.1. The van der Waals surface area contributed by atoms with Crippen LogP contribution in [0, 0.1) is 0 Å². The molecule has 0 unspecified atom stereocenters. The Bertz CT molecular complexity index is 922. The largest absolute Gasteiger partial charge is 0.416 e. The van der Waals surface area contributed by atoms with Gasteiger partial charge in [0.15, 0.2) is 0 Å². The number of amides is 1. The fourth-order valence-corrected chi connectivity index (χ4v) is 4.13. The molecule has 9 heteroatoms. The normalized spacial score (nSPS) is 12.2. The average Bonchev–Trinajstić information content (AvgIpc) is 2.62. The molecule has 2 rings (SSSR count). The highest BCUT2D eigenvalue weighted by atomic mass is 32.2. The summed E-state index contributed by atoms with van der Waals surface area (Å²) in [5.41, 5.74) is -0.229. The van der Waals surface area contributed by atoms with E-state index in [1.807, 2.05) is 0 Å². The Labute approximate surface area is 162 Å². The van der Waals surface area contributed by atoms with Crippen molar-refractivity contribution < 1.29 is 26.4 Å². The van der Waals surface area contributed by atoms with E-state index < -0.39 is 27.7 Å². The number of nitrogens with zero attached hydrogens (tertiary/aromatic N) is 1. The van der Waals surface area contributed by atoms with Crippen LogP contribution in [0.4, 0.5) is 18.9 Å². The minimum absolute atomic E-state index is 0.104. The summed E-state index contributed by atoms with van der Waals surface area (Å²) in [6.45, 7) is 4.16. The first-order valence-corrected chi connectivity index (χ1v) is 10.1. The number of alkyl halides is 3. The predicted molar refractivity (Wildman–Crippen MR) is 100 cm³/mol. The zero-order valence-electron chi connectivity index (χ0n) is 15.5. The second-order valence-corrected chi connectivity index (χ2v) is 7.97. The summed E-state index contributed by atoms with van der Waals surface area (Å²) in [4.78, 5) is 12.2. The minimum Gasteiger partial charge on any atom is -0.326 e. The lowest BCUT2D eigenvalue weighted by atomic mass is 10.1. The van der Waals surface area contributed by atoms with Crippen molar-refractivity contribution >= 4 is 21.6 Å². The van der Waals surface area contributed by atoms with Gasteiger partial charge < -0.3 is 5.32 Å². The number of hydrogen-bond acceptors (Lipinski definition) is 3. The molecule has 0 saturated heterocycles. The summed E-state index contributed by atoms with van der Waals surface area (Å²) in [5.74, 6) is -0.501. The van der Waals surface area contributed by atoms with Gasteiger partial charge in [-0.25, -0.2) is 8.42 Å². The van der Waals surface area contributed by atoms with Crippen molar-refractivity contribution in [2.45, 2.75) is 31.3 Å². The molecule has 1 amide bonds. The van der Waals surface area contributed by atoms with Gasteiger partial charge in [0.25, 0.3) is 0 Å². The number of anilines is 1. The molecule has 0 aliphatic rings. The summed E-state index contributed by atoms with van der Waals surface area (Å²) in [7, 11) is -3.60. The molecule has 0 aliphatic carbocycles. The van der Waals surface area contributed by atoms with Gasteiger partial charge in [0.05, 0.1) is 16.9 Å². The topological polar surface area (TPSA) is 66.5 Å². The zero-order chi connectivity index (χ0) is 20.9. The maximum Gasteiger partial charge on any atom is 0.416 e. The van der Waals surface area contributed by atoms with Crippen LogP contribution in [0.5, 0.6) is 0 Å². The van der Waals surface area contributed by atoms with E-state index in [2.05, 4.69) is 5.32 Å². The lowest BCUT2D eigenvalue weighted by molar-refractivity contribution is -0.137. The van der Waals surface area contributed by atoms with Gasteiger partial charge in [0, 0.05) is 18.8 Å². The summed E-state index contributed by atoms with van der Waals surface area (Å²) >= 11 is 0. The smallest absolute Gasteiger partial charge is 0.326 e. The first kappa shape index (κ1) is 21.9. The van der Waals surface area contributed by atoms with E-state index in [9.17, 15) is 26.4 Å². The fraction of sp³-hybridized carbons (Fsp3) is 0.316. The summed E-state index contributed by atoms with van der Waals surface area (Å²) in [5, 5.41) is 2.56. The molecule has 2 aromatic rings. The van der Waals surface area contributed by atoms with Gasteiger partial charge in [0.1, 0.15) is 0 Å². The second kappa shape index (κ2) is 8.74. The monoisotopic (exact) mass is 414 g/mol. The third kappa shape index (κ3) is 5.32. The van der Waals surface area contributed by atoms with Gasteiger partial charge >= 0.3 is 6.18 Å². The predicted octanol–water partition coefficient (Wildman–Crippen LogP) is 3.92. The van der Waals surface area contributed by atoms with E-state index in [4.69, 9.17) is 0 Å². The summed E-state index contributed by atoms with van der Waals surface area (Å²) < 4.78 is 64.4.